The highest BCUT2D eigenvalue weighted by molar-refractivity contribution is 7.14. The Bertz CT molecular complexity index is 892. The minimum Gasteiger partial charge on any atom is -0.253 e. The standard InChI is InChI=1S/C17H11ClF3N3S/c18-14-8-11(6-7-13(14)17(19,20)21)9-22-24-16-23-15(10-25-16)12-4-2-1-3-5-12/h1-10H,(H,23,24). The zero-order chi connectivity index (χ0) is 17.9. The number of hydrogen-bond donors (Lipinski definition) is 1. The number of anilines is 1. The number of nitrogens with zero attached hydrogens (tertiary/aromatic N) is 2. The van der Waals surface area contributed by atoms with Crippen LogP contribution in [0, 0.1) is 0 Å². The summed E-state index contributed by atoms with van der Waals surface area (Å²) in [6.07, 6.45) is -3.09. The lowest BCUT2D eigenvalue weighted by Gasteiger charge is -2.08. The Morgan fingerprint density at radius 1 is 1.12 bits per heavy atom. The molecule has 0 aliphatic heterocycles. The van der Waals surface area contributed by atoms with Crippen molar-refractivity contribution in [2.24, 2.45) is 5.10 Å². The van der Waals surface area contributed by atoms with Gasteiger partial charge in [-0.1, -0.05) is 48.0 Å². The van der Waals surface area contributed by atoms with Crippen molar-refractivity contribution >= 4 is 34.3 Å². The Balaban J connectivity index is 1.68. The summed E-state index contributed by atoms with van der Waals surface area (Å²) in [6, 6.07) is 13.1. The van der Waals surface area contributed by atoms with Crippen molar-refractivity contribution in [1.82, 2.24) is 4.98 Å². The zero-order valence-electron chi connectivity index (χ0n) is 12.6. The van der Waals surface area contributed by atoms with Gasteiger partial charge in [-0.3, -0.25) is 5.43 Å². The molecule has 3 aromatic rings. The lowest BCUT2D eigenvalue weighted by atomic mass is 10.1. The van der Waals surface area contributed by atoms with E-state index < -0.39 is 11.7 Å². The highest BCUT2D eigenvalue weighted by atomic mass is 35.5. The first-order chi connectivity index (χ1) is 11.9. The fourth-order valence-corrected chi connectivity index (χ4v) is 3.03. The van der Waals surface area contributed by atoms with E-state index in [-0.39, 0.29) is 5.02 Å². The van der Waals surface area contributed by atoms with E-state index >= 15 is 0 Å². The molecule has 25 heavy (non-hydrogen) atoms. The van der Waals surface area contributed by atoms with Crippen molar-refractivity contribution in [3.63, 3.8) is 0 Å². The zero-order valence-corrected chi connectivity index (χ0v) is 14.2. The first kappa shape index (κ1) is 17.4. The van der Waals surface area contributed by atoms with E-state index in [1.807, 2.05) is 35.7 Å². The molecule has 128 valence electrons. The van der Waals surface area contributed by atoms with Gasteiger partial charge in [0.05, 0.1) is 22.5 Å². The van der Waals surface area contributed by atoms with E-state index in [1.165, 1.54) is 29.7 Å². The molecular formula is C17H11ClF3N3S. The second-order valence-corrected chi connectivity index (χ2v) is 6.28. The van der Waals surface area contributed by atoms with Crippen LogP contribution in [0.15, 0.2) is 59.0 Å². The van der Waals surface area contributed by atoms with Crippen molar-refractivity contribution in [3.8, 4) is 11.3 Å². The molecule has 0 aliphatic rings. The van der Waals surface area contributed by atoms with Crippen molar-refractivity contribution in [2.45, 2.75) is 6.18 Å². The number of thiazole rings is 1. The maximum atomic E-state index is 12.7. The summed E-state index contributed by atoms with van der Waals surface area (Å²) < 4.78 is 38.0. The van der Waals surface area contributed by atoms with Crippen LogP contribution < -0.4 is 5.43 Å². The van der Waals surface area contributed by atoms with E-state index in [0.29, 0.717) is 10.7 Å². The number of hydrazone groups is 1. The summed E-state index contributed by atoms with van der Waals surface area (Å²) >= 11 is 7.05. The van der Waals surface area contributed by atoms with Crippen LogP contribution in [-0.4, -0.2) is 11.2 Å². The molecule has 1 heterocycles. The molecule has 1 aromatic heterocycles. The quantitative estimate of drug-likeness (QED) is 0.449. The molecule has 0 atom stereocenters. The van der Waals surface area contributed by atoms with Gasteiger partial charge in [-0.2, -0.15) is 18.3 Å². The van der Waals surface area contributed by atoms with E-state index in [1.54, 1.807) is 0 Å². The highest BCUT2D eigenvalue weighted by Gasteiger charge is 2.32. The van der Waals surface area contributed by atoms with E-state index in [4.69, 9.17) is 11.6 Å². The Morgan fingerprint density at radius 2 is 1.88 bits per heavy atom. The molecule has 8 heteroatoms. The number of alkyl halides is 3. The van der Waals surface area contributed by atoms with Crippen LogP contribution in [-0.2, 0) is 6.18 Å². The topological polar surface area (TPSA) is 37.3 Å². The first-order valence-corrected chi connectivity index (χ1v) is 8.36. The van der Waals surface area contributed by atoms with Crippen LogP contribution >= 0.6 is 22.9 Å². The monoisotopic (exact) mass is 381 g/mol. The van der Waals surface area contributed by atoms with E-state index in [9.17, 15) is 13.2 Å². The maximum absolute atomic E-state index is 12.7. The maximum Gasteiger partial charge on any atom is 0.417 e. The van der Waals surface area contributed by atoms with E-state index in [2.05, 4.69) is 15.5 Å². The van der Waals surface area contributed by atoms with Crippen LogP contribution in [0.1, 0.15) is 11.1 Å². The molecule has 0 amide bonds. The molecular weight excluding hydrogens is 371 g/mol. The van der Waals surface area contributed by atoms with Gasteiger partial charge in [-0.05, 0) is 17.7 Å². The van der Waals surface area contributed by atoms with Gasteiger partial charge in [0.15, 0.2) is 0 Å². The smallest absolute Gasteiger partial charge is 0.253 e. The lowest BCUT2D eigenvalue weighted by Crippen LogP contribution is -2.06. The van der Waals surface area contributed by atoms with Gasteiger partial charge in [0, 0.05) is 10.9 Å². The van der Waals surface area contributed by atoms with Crippen molar-refractivity contribution in [2.75, 3.05) is 5.43 Å². The average molecular weight is 382 g/mol. The summed E-state index contributed by atoms with van der Waals surface area (Å²) in [4.78, 5) is 4.39. The van der Waals surface area contributed by atoms with Crippen LogP contribution in [0.4, 0.5) is 18.3 Å². The number of nitrogens with one attached hydrogen (secondary N) is 1. The minimum atomic E-state index is -4.47. The van der Waals surface area contributed by atoms with Gasteiger partial charge >= 0.3 is 6.18 Å². The van der Waals surface area contributed by atoms with Crippen LogP contribution in [0.25, 0.3) is 11.3 Å². The highest BCUT2D eigenvalue weighted by Crippen LogP contribution is 2.34. The molecule has 0 bridgehead atoms. The molecule has 0 fully saturated rings. The SMILES string of the molecule is FC(F)(F)c1ccc(C=NNc2nc(-c3ccccc3)cs2)cc1Cl. The molecule has 3 nitrogen and oxygen atoms in total. The minimum absolute atomic E-state index is 0.364. The average Bonchev–Trinajstić information content (AvgIpc) is 3.03. The summed E-state index contributed by atoms with van der Waals surface area (Å²) in [5, 5.41) is 6.09. The molecule has 3 rings (SSSR count). The molecule has 0 spiro atoms. The number of rotatable bonds is 4. The lowest BCUT2D eigenvalue weighted by molar-refractivity contribution is -0.137. The third-order valence-electron chi connectivity index (χ3n) is 3.25. The largest absolute Gasteiger partial charge is 0.417 e. The molecule has 0 aliphatic carbocycles. The Kier molecular flexibility index (Phi) is 5.06. The fraction of sp³-hybridized carbons (Fsp3) is 0.0588. The van der Waals surface area contributed by atoms with Crippen LogP contribution in [0.5, 0.6) is 0 Å². The summed E-state index contributed by atoms with van der Waals surface area (Å²) in [5.41, 5.74) is 4.15. The summed E-state index contributed by atoms with van der Waals surface area (Å²) in [6.45, 7) is 0. The Labute approximate surface area is 150 Å². The summed E-state index contributed by atoms with van der Waals surface area (Å²) in [5.74, 6) is 0. The number of benzene rings is 2. The van der Waals surface area contributed by atoms with Gasteiger partial charge in [0.25, 0.3) is 0 Å². The van der Waals surface area contributed by atoms with Gasteiger partial charge in [0.2, 0.25) is 5.13 Å². The van der Waals surface area contributed by atoms with E-state index in [0.717, 1.165) is 17.3 Å². The normalized spacial score (nSPS) is 11.8. The second-order valence-electron chi connectivity index (χ2n) is 5.01. The fourth-order valence-electron chi connectivity index (χ4n) is 2.07. The number of aromatic nitrogens is 1. The van der Waals surface area contributed by atoms with Crippen LogP contribution in [0.3, 0.4) is 0 Å². The Hall–Kier alpha value is -2.38. The number of hydrogen-bond acceptors (Lipinski definition) is 4. The van der Waals surface area contributed by atoms with Gasteiger partial charge in [-0.25, -0.2) is 4.98 Å². The second kappa shape index (κ2) is 7.25. The Morgan fingerprint density at radius 3 is 2.56 bits per heavy atom. The van der Waals surface area contributed by atoms with Gasteiger partial charge < -0.3 is 0 Å². The molecule has 1 N–H and O–H groups in total. The predicted octanol–water partition coefficient (Wildman–Crippen LogP) is 5.93. The van der Waals surface area contributed by atoms with Crippen molar-refractivity contribution < 1.29 is 13.2 Å². The molecule has 0 unspecified atom stereocenters. The molecule has 2 aromatic carbocycles. The summed E-state index contributed by atoms with van der Waals surface area (Å²) in [7, 11) is 0. The van der Waals surface area contributed by atoms with Crippen molar-refractivity contribution in [1.29, 1.82) is 0 Å². The first-order valence-electron chi connectivity index (χ1n) is 7.10. The van der Waals surface area contributed by atoms with Gasteiger partial charge in [-0.15, -0.1) is 11.3 Å². The number of halogens is 4. The third kappa shape index (κ3) is 4.37. The van der Waals surface area contributed by atoms with Crippen molar-refractivity contribution in [3.05, 3.63) is 70.1 Å². The third-order valence-corrected chi connectivity index (χ3v) is 4.31. The van der Waals surface area contributed by atoms with Crippen LogP contribution in [0.2, 0.25) is 5.02 Å². The molecule has 0 radical (unpaired) electrons. The van der Waals surface area contributed by atoms with Gasteiger partial charge in [0.1, 0.15) is 0 Å². The predicted molar refractivity (Wildman–Crippen MR) is 95.2 cm³/mol. The molecule has 0 saturated carbocycles. The molecule has 0 saturated heterocycles.